The summed E-state index contributed by atoms with van der Waals surface area (Å²) in [5.74, 6) is 1.57. The third-order valence-electron chi connectivity index (χ3n) is 3.44. The van der Waals surface area contributed by atoms with Gasteiger partial charge < -0.3 is 19.7 Å². The fraction of sp³-hybridized carbons (Fsp3) is 0.333. The molecule has 0 aliphatic carbocycles. The quantitative estimate of drug-likeness (QED) is 0.927. The third kappa shape index (κ3) is 2.75. The number of ether oxygens (including phenoxy) is 2. The van der Waals surface area contributed by atoms with E-state index in [9.17, 15) is 0 Å². The van der Waals surface area contributed by atoms with E-state index in [2.05, 4.69) is 32.3 Å². The minimum atomic E-state index is 0.492. The van der Waals surface area contributed by atoms with E-state index in [1.54, 1.807) is 20.3 Å². The molecule has 3 rings (SSSR count). The van der Waals surface area contributed by atoms with Crippen LogP contribution in [0.5, 0.6) is 11.8 Å². The second-order valence-electron chi connectivity index (χ2n) is 4.71. The van der Waals surface area contributed by atoms with E-state index in [0.717, 1.165) is 25.3 Å². The monoisotopic (exact) mass is 286 g/mol. The van der Waals surface area contributed by atoms with Crippen molar-refractivity contribution in [3.63, 3.8) is 0 Å². The molecule has 0 fully saturated rings. The predicted octanol–water partition coefficient (Wildman–Crippen LogP) is 1.74. The maximum Gasteiger partial charge on any atom is 0.236 e. The van der Waals surface area contributed by atoms with Gasteiger partial charge in [0.25, 0.3) is 0 Å². The minimum absolute atomic E-state index is 0.492. The van der Waals surface area contributed by atoms with Crippen molar-refractivity contribution >= 4 is 11.6 Å². The average Bonchev–Trinajstić information content (AvgIpc) is 2.76. The van der Waals surface area contributed by atoms with Crippen molar-refractivity contribution in [1.29, 1.82) is 0 Å². The lowest BCUT2D eigenvalue weighted by molar-refractivity contribution is 0.372. The van der Waals surface area contributed by atoms with E-state index in [4.69, 9.17) is 9.47 Å². The normalized spacial score (nSPS) is 14.3. The Morgan fingerprint density at radius 2 is 1.81 bits per heavy atom. The fourth-order valence-electron chi connectivity index (χ4n) is 2.39. The molecule has 2 heterocycles. The van der Waals surface area contributed by atoms with E-state index in [-0.39, 0.29) is 0 Å². The van der Waals surface area contributed by atoms with Crippen molar-refractivity contribution in [2.75, 3.05) is 32.2 Å². The molecule has 6 nitrogen and oxygen atoms in total. The van der Waals surface area contributed by atoms with Gasteiger partial charge in [0.05, 0.1) is 20.3 Å². The van der Waals surface area contributed by atoms with Gasteiger partial charge in [-0.1, -0.05) is 18.2 Å². The van der Waals surface area contributed by atoms with Crippen LogP contribution in [-0.2, 0) is 6.54 Å². The summed E-state index contributed by atoms with van der Waals surface area (Å²) in [5.41, 5.74) is 2.33. The van der Waals surface area contributed by atoms with Crippen molar-refractivity contribution < 1.29 is 9.47 Å². The summed E-state index contributed by atoms with van der Waals surface area (Å²) in [4.78, 5) is 11.0. The predicted molar refractivity (Wildman–Crippen MR) is 80.3 cm³/mol. The molecule has 2 aromatic rings. The molecule has 1 N–H and O–H groups in total. The van der Waals surface area contributed by atoms with Crippen LogP contribution in [0.25, 0.3) is 0 Å². The number of nitrogens with zero attached hydrogens (tertiary/aromatic N) is 3. The molecule has 1 aliphatic heterocycles. The van der Waals surface area contributed by atoms with Gasteiger partial charge in [0, 0.05) is 25.3 Å². The van der Waals surface area contributed by atoms with E-state index >= 15 is 0 Å². The smallest absolute Gasteiger partial charge is 0.236 e. The van der Waals surface area contributed by atoms with Gasteiger partial charge in [-0.2, -0.15) is 9.97 Å². The Kier molecular flexibility index (Phi) is 3.87. The Bertz CT molecular complexity index is 611. The average molecular weight is 286 g/mol. The zero-order valence-electron chi connectivity index (χ0n) is 12.2. The van der Waals surface area contributed by atoms with Crippen LogP contribution in [0.1, 0.15) is 5.56 Å². The highest BCUT2D eigenvalue weighted by Crippen LogP contribution is 2.29. The molecular formula is C15H18N4O2. The van der Waals surface area contributed by atoms with E-state index < -0.39 is 0 Å². The standard InChI is InChI=1S/C15H18N4O2/c1-20-13-9-14(21-2)18-15(17-13)19-8-7-16-10-11-5-3-4-6-12(11)19/h3-6,9,16H,7-8,10H2,1-2H3. The molecule has 0 saturated heterocycles. The summed E-state index contributed by atoms with van der Waals surface area (Å²) in [6.45, 7) is 2.48. The second kappa shape index (κ2) is 5.97. The largest absolute Gasteiger partial charge is 0.481 e. The summed E-state index contributed by atoms with van der Waals surface area (Å²) in [6, 6.07) is 9.92. The molecule has 0 saturated carbocycles. The van der Waals surface area contributed by atoms with Gasteiger partial charge in [0.1, 0.15) is 0 Å². The molecule has 110 valence electrons. The molecule has 0 spiro atoms. The minimum Gasteiger partial charge on any atom is -0.481 e. The lowest BCUT2D eigenvalue weighted by Gasteiger charge is -2.23. The number of benzene rings is 1. The zero-order valence-corrected chi connectivity index (χ0v) is 12.2. The van der Waals surface area contributed by atoms with Gasteiger partial charge >= 0.3 is 0 Å². The molecule has 0 amide bonds. The summed E-state index contributed by atoms with van der Waals surface area (Å²) >= 11 is 0. The number of para-hydroxylation sites is 1. The highest BCUT2D eigenvalue weighted by molar-refractivity contribution is 5.63. The highest BCUT2D eigenvalue weighted by Gasteiger charge is 2.19. The number of fused-ring (bicyclic) bond motifs is 1. The van der Waals surface area contributed by atoms with Crippen LogP contribution in [-0.4, -0.2) is 37.3 Å². The zero-order chi connectivity index (χ0) is 14.7. The van der Waals surface area contributed by atoms with Crippen LogP contribution in [0, 0.1) is 0 Å². The number of anilines is 2. The van der Waals surface area contributed by atoms with Crippen LogP contribution in [0.2, 0.25) is 0 Å². The first kappa shape index (κ1) is 13.6. The number of nitrogens with one attached hydrogen (secondary N) is 1. The molecule has 1 aliphatic rings. The number of rotatable bonds is 3. The van der Waals surface area contributed by atoms with Gasteiger partial charge in [-0.15, -0.1) is 0 Å². The summed E-state index contributed by atoms with van der Waals surface area (Å²) in [6.07, 6.45) is 0. The van der Waals surface area contributed by atoms with Crippen LogP contribution in [0.3, 0.4) is 0 Å². The van der Waals surface area contributed by atoms with E-state index in [0.29, 0.717) is 17.7 Å². The maximum atomic E-state index is 5.23. The fourth-order valence-corrected chi connectivity index (χ4v) is 2.39. The van der Waals surface area contributed by atoms with Gasteiger partial charge in [-0.05, 0) is 11.6 Å². The first-order valence-electron chi connectivity index (χ1n) is 6.85. The summed E-state index contributed by atoms with van der Waals surface area (Å²) in [7, 11) is 3.17. The number of hydrogen-bond acceptors (Lipinski definition) is 6. The van der Waals surface area contributed by atoms with Crippen molar-refractivity contribution in [3.8, 4) is 11.8 Å². The number of methoxy groups -OCH3 is 2. The Balaban J connectivity index is 2.07. The third-order valence-corrected chi connectivity index (χ3v) is 3.44. The first-order chi connectivity index (χ1) is 10.3. The highest BCUT2D eigenvalue weighted by atomic mass is 16.5. The Morgan fingerprint density at radius 3 is 2.52 bits per heavy atom. The van der Waals surface area contributed by atoms with E-state index in [1.807, 2.05) is 12.1 Å². The van der Waals surface area contributed by atoms with Gasteiger partial charge in [-0.25, -0.2) is 0 Å². The number of hydrogen-bond donors (Lipinski definition) is 1. The molecule has 6 heteroatoms. The first-order valence-corrected chi connectivity index (χ1v) is 6.85. The lowest BCUT2D eigenvalue weighted by Crippen LogP contribution is -2.26. The SMILES string of the molecule is COc1cc(OC)nc(N2CCNCc3ccccc32)n1. The molecule has 0 unspecified atom stereocenters. The topological polar surface area (TPSA) is 59.5 Å². The molecule has 0 bridgehead atoms. The van der Waals surface area contributed by atoms with Crippen molar-refractivity contribution in [2.45, 2.75) is 6.54 Å². The van der Waals surface area contributed by atoms with Gasteiger partial charge in [0.2, 0.25) is 17.7 Å². The van der Waals surface area contributed by atoms with Crippen LogP contribution < -0.4 is 19.7 Å². The Hall–Kier alpha value is -2.34. The Labute approximate surface area is 123 Å². The van der Waals surface area contributed by atoms with Crippen molar-refractivity contribution in [1.82, 2.24) is 15.3 Å². The van der Waals surface area contributed by atoms with Gasteiger partial charge in [0.15, 0.2) is 0 Å². The number of aromatic nitrogens is 2. The van der Waals surface area contributed by atoms with Crippen LogP contribution in [0.4, 0.5) is 11.6 Å². The Morgan fingerprint density at radius 1 is 1.10 bits per heavy atom. The van der Waals surface area contributed by atoms with Crippen molar-refractivity contribution in [3.05, 3.63) is 35.9 Å². The second-order valence-corrected chi connectivity index (χ2v) is 4.71. The molecule has 21 heavy (non-hydrogen) atoms. The van der Waals surface area contributed by atoms with Crippen molar-refractivity contribution in [2.24, 2.45) is 0 Å². The van der Waals surface area contributed by atoms with Crippen LogP contribution in [0.15, 0.2) is 30.3 Å². The maximum absolute atomic E-state index is 5.23. The summed E-state index contributed by atoms with van der Waals surface area (Å²) in [5, 5.41) is 3.40. The molecular weight excluding hydrogens is 268 g/mol. The molecule has 1 aromatic carbocycles. The molecule has 0 radical (unpaired) electrons. The van der Waals surface area contributed by atoms with Crippen LogP contribution >= 0.6 is 0 Å². The molecule has 1 aromatic heterocycles. The summed E-state index contributed by atoms with van der Waals surface area (Å²) < 4.78 is 10.5. The van der Waals surface area contributed by atoms with Gasteiger partial charge in [-0.3, -0.25) is 0 Å². The lowest BCUT2D eigenvalue weighted by atomic mass is 10.1. The molecule has 0 atom stereocenters. The van der Waals surface area contributed by atoms with E-state index in [1.165, 1.54) is 5.56 Å².